The Morgan fingerprint density at radius 3 is 1.51 bits per heavy atom. The number of rotatable bonds is 40. The first-order valence-electron chi connectivity index (χ1n) is 22.4. The fourth-order valence-electron chi connectivity index (χ4n) is 6.32. The van der Waals surface area contributed by atoms with Crippen LogP contribution in [-0.4, -0.2) is 47.4 Å². The lowest BCUT2D eigenvalue weighted by atomic mass is 10.1. The van der Waals surface area contributed by atoms with Crippen molar-refractivity contribution in [2.24, 2.45) is 0 Å². The average molecular weight is 744 g/mol. The number of aliphatic hydroxyl groups is 2. The molecule has 0 bridgehead atoms. The minimum absolute atomic E-state index is 0.0295. The number of nitrogens with one attached hydrogen (secondary N) is 1. The van der Waals surface area contributed by atoms with E-state index in [9.17, 15) is 19.8 Å². The Hall–Kier alpha value is -2.18. The van der Waals surface area contributed by atoms with Crippen LogP contribution in [-0.2, 0) is 14.3 Å². The van der Waals surface area contributed by atoms with Crippen LogP contribution in [0.5, 0.6) is 0 Å². The van der Waals surface area contributed by atoms with Gasteiger partial charge in [-0.2, -0.15) is 0 Å². The summed E-state index contributed by atoms with van der Waals surface area (Å²) in [6.45, 7) is 4.77. The molecule has 6 nitrogen and oxygen atoms in total. The SMILES string of the molecule is CCCCCC/C=C\CCCCCCCC(=O)OCCCCCCCC/C=C\C/C=C\CCC(=O)NC(CO)C(O)/C=C/CCCCCCCCCC. The fourth-order valence-corrected chi connectivity index (χ4v) is 6.32. The molecule has 0 heterocycles. The van der Waals surface area contributed by atoms with Crippen molar-refractivity contribution < 1.29 is 24.5 Å². The maximum absolute atomic E-state index is 12.3. The Balaban J connectivity index is 3.60. The lowest BCUT2D eigenvalue weighted by molar-refractivity contribution is -0.143. The van der Waals surface area contributed by atoms with E-state index in [4.69, 9.17) is 4.74 Å². The highest BCUT2D eigenvalue weighted by Crippen LogP contribution is 2.12. The molecular weight excluding hydrogens is 659 g/mol. The monoisotopic (exact) mass is 744 g/mol. The predicted molar refractivity (Wildman–Crippen MR) is 227 cm³/mol. The Bertz CT molecular complexity index is 911. The summed E-state index contributed by atoms with van der Waals surface area (Å²) < 4.78 is 5.43. The van der Waals surface area contributed by atoms with Crippen molar-refractivity contribution in [2.45, 2.75) is 225 Å². The number of hydrogen-bond acceptors (Lipinski definition) is 5. The number of aliphatic hydroxyl groups excluding tert-OH is 2. The van der Waals surface area contributed by atoms with Crippen LogP contribution in [0, 0.1) is 0 Å². The van der Waals surface area contributed by atoms with Crippen molar-refractivity contribution in [2.75, 3.05) is 13.2 Å². The van der Waals surface area contributed by atoms with Crippen LogP contribution in [0.25, 0.3) is 0 Å². The van der Waals surface area contributed by atoms with Gasteiger partial charge >= 0.3 is 5.97 Å². The zero-order chi connectivity index (χ0) is 38.7. The first-order chi connectivity index (χ1) is 26.0. The van der Waals surface area contributed by atoms with Crippen molar-refractivity contribution >= 4 is 11.9 Å². The molecule has 0 aliphatic carbocycles. The van der Waals surface area contributed by atoms with Crippen LogP contribution in [0.3, 0.4) is 0 Å². The summed E-state index contributed by atoms with van der Waals surface area (Å²) in [6, 6.07) is -0.670. The summed E-state index contributed by atoms with van der Waals surface area (Å²) >= 11 is 0. The minimum atomic E-state index is -0.877. The highest BCUT2D eigenvalue weighted by Gasteiger charge is 2.17. The summed E-state index contributed by atoms with van der Waals surface area (Å²) in [4.78, 5) is 24.3. The van der Waals surface area contributed by atoms with Crippen LogP contribution >= 0.6 is 0 Å². The molecule has 0 fully saturated rings. The van der Waals surface area contributed by atoms with Gasteiger partial charge in [0.25, 0.3) is 0 Å². The Morgan fingerprint density at radius 1 is 0.528 bits per heavy atom. The van der Waals surface area contributed by atoms with E-state index in [1.54, 1.807) is 6.08 Å². The van der Waals surface area contributed by atoms with Crippen molar-refractivity contribution in [1.29, 1.82) is 0 Å². The molecule has 2 atom stereocenters. The summed E-state index contributed by atoms with van der Waals surface area (Å²) in [5.74, 6) is -0.183. The van der Waals surface area contributed by atoms with Crippen molar-refractivity contribution in [3.63, 3.8) is 0 Å². The second-order valence-electron chi connectivity index (χ2n) is 15.0. The maximum Gasteiger partial charge on any atom is 0.305 e. The quantitative estimate of drug-likeness (QED) is 0.0330. The number of amides is 1. The molecule has 308 valence electrons. The molecule has 0 aliphatic rings. The van der Waals surface area contributed by atoms with Gasteiger partial charge < -0.3 is 20.3 Å². The highest BCUT2D eigenvalue weighted by atomic mass is 16.5. The van der Waals surface area contributed by atoms with Crippen LogP contribution in [0.15, 0.2) is 48.6 Å². The van der Waals surface area contributed by atoms with Gasteiger partial charge in [-0.1, -0.05) is 172 Å². The molecule has 6 heteroatoms. The Labute approximate surface area is 327 Å². The van der Waals surface area contributed by atoms with Gasteiger partial charge in [-0.3, -0.25) is 9.59 Å². The lowest BCUT2D eigenvalue weighted by Gasteiger charge is -2.19. The smallest absolute Gasteiger partial charge is 0.305 e. The van der Waals surface area contributed by atoms with Crippen molar-refractivity contribution in [3.05, 3.63) is 48.6 Å². The molecule has 53 heavy (non-hydrogen) atoms. The van der Waals surface area contributed by atoms with Crippen LogP contribution in [0.1, 0.15) is 213 Å². The average Bonchev–Trinajstić information content (AvgIpc) is 3.16. The number of ether oxygens (including phenoxy) is 1. The van der Waals surface area contributed by atoms with E-state index in [0.29, 0.717) is 25.9 Å². The van der Waals surface area contributed by atoms with Gasteiger partial charge in [0.15, 0.2) is 0 Å². The highest BCUT2D eigenvalue weighted by molar-refractivity contribution is 5.76. The van der Waals surface area contributed by atoms with E-state index in [-0.39, 0.29) is 18.5 Å². The van der Waals surface area contributed by atoms with Crippen molar-refractivity contribution in [1.82, 2.24) is 5.32 Å². The first-order valence-corrected chi connectivity index (χ1v) is 22.4. The largest absolute Gasteiger partial charge is 0.466 e. The second kappa shape index (κ2) is 42.6. The molecule has 2 unspecified atom stereocenters. The number of esters is 1. The van der Waals surface area contributed by atoms with Crippen LogP contribution in [0.4, 0.5) is 0 Å². The van der Waals surface area contributed by atoms with Gasteiger partial charge in [-0.25, -0.2) is 0 Å². The molecular formula is C47H85NO5. The van der Waals surface area contributed by atoms with Gasteiger partial charge in [0.1, 0.15) is 0 Å². The topological polar surface area (TPSA) is 95.9 Å². The molecule has 0 radical (unpaired) electrons. The molecule has 0 saturated carbocycles. The number of unbranched alkanes of at least 4 members (excludes halogenated alkanes) is 23. The van der Waals surface area contributed by atoms with E-state index in [0.717, 1.165) is 51.4 Å². The normalized spacial score (nSPS) is 13.2. The van der Waals surface area contributed by atoms with E-state index < -0.39 is 12.1 Å². The molecule has 0 aromatic rings. The molecule has 0 aliphatic heterocycles. The fraction of sp³-hybridized carbons (Fsp3) is 0.787. The van der Waals surface area contributed by atoms with Gasteiger partial charge in [-0.05, 0) is 77.0 Å². The van der Waals surface area contributed by atoms with E-state index in [1.165, 1.54) is 128 Å². The molecule has 1 amide bonds. The summed E-state index contributed by atoms with van der Waals surface area (Å²) in [5, 5.41) is 22.8. The standard InChI is InChI=1S/C47H85NO5/c1-3-5-7-9-11-13-15-17-21-25-29-33-37-41-47(52)53-42-38-34-30-26-22-19-16-18-20-24-28-32-36-40-46(51)48-44(43-49)45(50)39-35-31-27-23-14-12-10-8-6-4-2/h13,15,18,20,28,32,35,39,44-45,49-50H,3-12,14,16-17,19,21-27,29-31,33-34,36-38,40-43H2,1-2H3,(H,48,51)/b15-13-,20-18-,32-28-,39-35+. The zero-order valence-electron chi connectivity index (χ0n) is 34.7. The molecule has 0 rings (SSSR count). The molecule has 0 aromatic carbocycles. The summed E-state index contributed by atoms with van der Waals surface area (Å²) in [7, 11) is 0. The lowest BCUT2D eigenvalue weighted by Crippen LogP contribution is -2.45. The molecule has 0 aromatic heterocycles. The van der Waals surface area contributed by atoms with Gasteiger partial charge in [0.2, 0.25) is 5.91 Å². The summed E-state index contributed by atoms with van der Waals surface area (Å²) in [6.07, 6.45) is 51.1. The maximum atomic E-state index is 12.3. The predicted octanol–water partition coefficient (Wildman–Crippen LogP) is 12.7. The number of allylic oxidation sites excluding steroid dienone is 7. The number of carbonyl (C=O) groups excluding carboxylic acids is 2. The summed E-state index contributed by atoms with van der Waals surface area (Å²) in [5.41, 5.74) is 0. The third-order valence-corrected chi connectivity index (χ3v) is 9.83. The first kappa shape index (κ1) is 50.8. The zero-order valence-corrected chi connectivity index (χ0v) is 34.7. The van der Waals surface area contributed by atoms with E-state index >= 15 is 0 Å². The van der Waals surface area contributed by atoms with Gasteiger partial charge in [0.05, 0.1) is 25.4 Å². The number of carbonyl (C=O) groups is 2. The third kappa shape index (κ3) is 39.3. The van der Waals surface area contributed by atoms with Crippen LogP contribution in [0.2, 0.25) is 0 Å². The number of hydrogen-bond donors (Lipinski definition) is 3. The molecule has 3 N–H and O–H groups in total. The second-order valence-corrected chi connectivity index (χ2v) is 15.0. The molecule has 0 saturated heterocycles. The van der Waals surface area contributed by atoms with Gasteiger partial charge in [0, 0.05) is 12.8 Å². The van der Waals surface area contributed by atoms with Crippen molar-refractivity contribution in [3.8, 4) is 0 Å². The minimum Gasteiger partial charge on any atom is -0.466 e. The van der Waals surface area contributed by atoms with E-state index in [2.05, 4.69) is 49.5 Å². The Kier molecular flexibility index (Phi) is 40.8. The van der Waals surface area contributed by atoms with Crippen LogP contribution < -0.4 is 5.32 Å². The Morgan fingerprint density at radius 2 is 0.962 bits per heavy atom. The van der Waals surface area contributed by atoms with Gasteiger partial charge in [-0.15, -0.1) is 0 Å². The van der Waals surface area contributed by atoms with E-state index in [1.807, 2.05) is 12.2 Å². The molecule has 0 spiro atoms. The third-order valence-electron chi connectivity index (χ3n) is 9.83.